The van der Waals surface area contributed by atoms with Crippen LogP contribution in [0.5, 0.6) is 0 Å². The zero-order chi connectivity index (χ0) is 30.0. The first-order chi connectivity index (χ1) is 19.4. The number of nitrogens with zero attached hydrogens (tertiary/aromatic N) is 2. The molecule has 41 heavy (non-hydrogen) atoms. The van der Waals surface area contributed by atoms with Crippen LogP contribution in [0.1, 0.15) is 37.8 Å². The summed E-state index contributed by atoms with van der Waals surface area (Å²) in [4.78, 5) is 29.0. The number of amides is 2. The zero-order valence-electron chi connectivity index (χ0n) is 23.6. The number of hydrogen-bond donors (Lipinski definition) is 1. The smallest absolute Gasteiger partial charge is 0.243 e. The summed E-state index contributed by atoms with van der Waals surface area (Å²) in [7, 11) is -3.62. The molecule has 1 N–H and O–H groups in total. The van der Waals surface area contributed by atoms with Crippen LogP contribution in [0.4, 0.5) is 5.69 Å². The summed E-state index contributed by atoms with van der Waals surface area (Å²) >= 11 is 12.2. The van der Waals surface area contributed by atoms with E-state index in [0.29, 0.717) is 28.7 Å². The lowest BCUT2D eigenvalue weighted by molar-refractivity contribution is -0.141. The summed E-state index contributed by atoms with van der Waals surface area (Å²) in [5.74, 6) is -0.244. The van der Waals surface area contributed by atoms with Gasteiger partial charge in [-0.15, -0.1) is 0 Å². The lowest BCUT2D eigenvalue weighted by Gasteiger charge is -2.32. The van der Waals surface area contributed by atoms with E-state index in [0.717, 1.165) is 17.4 Å². The highest BCUT2D eigenvalue weighted by Gasteiger charge is 2.30. The van der Waals surface area contributed by atoms with Gasteiger partial charge in [0.25, 0.3) is 0 Å². The fourth-order valence-corrected chi connectivity index (χ4v) is 5.67. The van der Waals surface area contributed by atoms with E-state index in [1.807, 2.05) is 56.3 Å². The number of carbonyl (C=O) groups excluding carboxylic acids is 2. The molecule has 0 bridgehead atoms. The average Bonchev–Trinajstić information content (AvgIpc) is 2.92. The molecule has 2 amide bonds. The fraction of sp³-hybridized carbons (Fsp3) is 0.355. The normalized spacial score (nSPS) is 12.1. The number of anilines is 1. The Hall–Kier alpha value is -3.07. The van der Waals surface area contributed by atoms with Crippen LogP contribution in [-0.2, 0) is 32.6 Å². The molecular formula is C31H37Cl2N3O4S. The number of carbonyl (C=O) groups is 2. The third-order valence-corrected chi connectivity index (χ3v) is 8.15. The van der Waals surface area contributed by atoms with Crippen molar-refractivity contribution in [2.75, 3.05) is 23.7 Å². The lowest BCUT2D eigenvalue weighted by atomic mass is 10.0. The van der Waals surface area contributed by atoms with Crippen LogP contribution < -0.4 is 9.62 Å². The van der Waals surface area contributed by atoms with Gasteiger partial charge in [-0.2, -0.15) is 0 Å². The standard InChI is InChI=1S/C31H37Cl2N3O4S/c1-23(2)21-34-31(38)29(19-24-9-5-4-6-10-24)35(22-25-14-16-26(32)17-15-25)30(37)13-8-18-36(41(3,39)40)28-12-7-11-27(33)20-28/h4-7,9-12,14-17,20,23,29H,8,13,18-19,21-22H2,1-3H3,(H,34,38)/t29-/m0/s1. The maximum absolute atomic E-state index is 13.8. The first-order valence-corrected chi connectivity index (χ1v) is 16.1. The van der Waals surface area contributed by atoms with Crippen molar-refractivity contribution in [3.63, 3.8) is 0 Å². The van der Waals surface area contributed by atoms with E-state index in [1.165, 1.54) is 4.31 Å². The summed E-state index contributed by atoms with van der Waals surface area (Å²) in [6.07, 6.45) is 1.75. The van der Waals surface area contributed by atoms with Crippen molar-refractivity contribution in [3.8, 4) is 0 Å². The molecule has 0 spiro atoms. The molecule has 7 nitrogen and oxygen atoms in total. The van der Waals surface area contributed by atoms with E-state index in [2.05, 4.69) is 5.32 Å². The van der Waals surface area contributed by atoms with Crippen LogP contribution in [0.3, 0.4) is 0 Å². The molecule has 3 aromatic rings. The molecule has 220 valence electrons. The van der Waals surface area contributed by atoms with E-state index in [1.54, 1.807) is 41.3 Å². The van der Waals surface area contributed by atoms with Crippen molar-refractivity contribution in [2.24, 2.45) is 5.92 Å². The van der Waals surface area contributed by atoms with Gasteiger partial charge in [-0.25, -0.2) is 8.42 Å². The van der Waals surface area contributed by atoms with Crippen molar-refractivity contribution in [3.05, 3.63) is 100 Å². The first kappa shape index (κ1) is 32.4. The van der Waals surface area contributed by atoms with Crippen LogP contribution in [0, 0.1) is 5.92 Å². The number of benzene rings is 3. The maximum atomic E-state index is 13.8. The monoisotopic (exact) mass is 617 g/mol. The van der Waals surface area contributed by atoms with Gasteiger partial charge >= 0.3 is 0 Å². The number of rotatable bonds is 14. The minimum Gasteiger partial charge on any atom is -0.354 e. The second kappa shape index (κ2) is 15.2. The molecule has 3 rings (SSSR count). The van der Waals surface area contributed by atoms with E-state index < -0.39 is 16.1 Å². The van der Waals surface area contributed by atoms with Gasteiger partial charge in [-0.05, 0) is 53.8 Å². The third-order valence-electron chi connectivity index (χ3n) is 6.47. The Morgan fingerprint density at radius 2 is 1.56 bits per heavy atom. The van der Waals surface area contributed by atoms with Crippen molar-refractivity contribution in [1.29, 1.82) is 0 Å². The van der Waals surface area contributed by atoms with Crippen molar-refractivity contribution >= 4 is 50.7 Å². The topological polar surface area (TPSA) is 86.8 Å². The number of hydrogen-bond acceptors (Lipinski definition) is 4. The highest BCUT2D eigenvalue weighted by molar-refractivity contribution is 7.92. The number of sulfonamides is 1. The Morgan fingerprint density at radius 3 is 2.17 bits per heavy atom. The van der Waals surface area contributed by atoms with Crippen molar-refractivity contribution in [2.45, 2.75) is 45.7 Å². The molecule has 0 aromatic heterocycles. The van der Waals surface area contributed by atoms with Crippen LogP contribution in [0.15, 0.2) is 78.9 Å². The minimum absolute atomic E-state index is 0.0446. The Morgan fingerprint density at radius 1 is 0.878 bits per heavy atom. The van der Waals surface area contributed by atoms with Crippen LogP contribution >= 0.6 is 23.2 Å². The van der Waals surface area contributed by atoms with E-state index in [-0.39, 0.29) is 43.7 Å². The Kier molecular flexibility index (Phi) is 12.1. The predicted octanol–water partition coefficient (Wildman–Crippen LogP) is 5.95. The van der Waals surface area contributed by atoms with Gasteiger partial charge in [0.05, 0.1) is 11.9 Å². The highest BCUT2D eigenvalue weighted by Crippen LogP contribution is 2.23. The third kappa shape index (κ3) is 10.4. The summed E-state index contributed by atoms with van der Waals surface area (Å²) in [5.41, 5.74) is 2.19. The molecule has 0 saturated carbocycles. The highest BCUT2D eigenvalue weighted by atomic mass is 35.5. The molecule has 10 heteroatoms. The van der Waals surface area contributed by atoms with Gasteiger partial charge < -0.3 is 10.2 Å². The molecule has 0 fully saturated rings. The second-order valence-electron chi connectivity index (χ2n) is 10.4. The van der Waals surface area contributed by atoms with Gasteiger partial charge in [0.1, 0.15) is 6.04 Å². The van der Waals surface area contributed by atoms with Crippen LogP contribution in [-0.4, -0.2) is 50.5 Å². The summed E-state index contributed by atoms with van der Waals surface area (Å²) < 4.78 is 26.4. The minimum atomic E-state index is -3.62. The Labute approximate surface area is 253 Å². The molecule has 3 aromatic carbocycles. The Balaban J connectivity index is 1.87. The van der Waals surface area contributed by atoms with E-state index in [9.17, 15) is 18.0 Å². The molecule has 1 atom stereocenters. The molecule has 0 heterocycles. The second-order valence-corrected chi connectivity index (χ2v) is 13.2. The van der Waals surface area contributed by atoms with Gasteiger partial charge in [0, 0.05) is 42.5 Å². The van der Waals surface area contributed by atoms with Crippen LogP contribution in [0.2, 0.25) is 10.0 Å². The molecular weight excluding hydrogens is 581 g/mol. The SMILES string of the molecule is CC(C)CNC(=O)[C@H](Cc1ccccc1)N(Cc1ccc(Cl)cc1)C(=O)CCCN(c1cccc(Cl)c1)S(C)(=O)=O. The summed E-state index contributed by atoms with van der Waals surface area (Å²) in [6, 6.07) is 22.6. The van der Waals surface area contributed by atoms with Gasteiger partial charge in [0.2, 0.25) is 21.8 Å². The van der Waals surface area contributed by atoms with Gasteiger partial charge in [0.15, 0.2) is 0 Å². The van der Waals surface area contributed by atoms with Crippen molar-refractivity contribution in [1.82, 2.24) is 10.2 Å². The summed E-state index contributed by atoms with van der Waals surface area (Å²) in [5, 5.41) is 3.99. The van der Waals surface area contributed by atoms with E-state index in [4.69, 9.17) is 23.2 Å². The lowest BCUT2D eigenvalue weighted by Crippen LogP contribution is -2.51. The fourth-order valence-electron chi connectivity index (χ4n) is 4.40. The number of halogens is 2. The molecule has 0 radical (unpaired) electrons. The molecule has 0 unspecified atom stereocenters. The zero-order valence-corrected chi connectivity index (χ0v) is 25.9. The van der Waals surface area contributed by atoms with Crippen molar-refractivity contribution < 1.29 is 18.0 Å². The molecule has 0 aliphatic rings. The van der Waals surface area contributed by atoms with Crippen LogP contribution in [0.25, 0.3) is 0 Å². The maximum Gasteiger partial charge on any atom is 0.243 e. The summed E-state index contributed by atoms with van der Waals surface area (Å²) in [6.45, 7) is 4.79. The number of nitrogens with one attached hydrogen (secondary N) is 1. The quantitative estimate of drug-likeness (QED) is 0.242. The molecule has 0 aliphatic carbocycles. The largest absolute Gasteiger partial charge is 0.354 e. The van der Waals surface area contributed by atoms with Gasteiger partial charge in [-0.1, -0.05) is 85.6 Å². The average molecular weight is 619 g/mol. The molecule has 0 aliphatic heterocycles. The molecule has 0 saturated heterocycles. The predicted molar refractivity (Wildman–Crippen MR) is 167 cm³/mol. The van der Waals surface area contributed by atoms with Gasteiger partial charge in [-0.3, -0.25) is 13.9 Å². The van der Waals surface area contributed by atoms with E-state index >= 15 is 0 Å². The Bertz CT molecular complexity index is 1400. The first-order valence-electron chi connectivity index (χ1n) is 13.5.